The van der Waals surface area contributed by atoms with Gasteiger partial charge in [-0.1, -0.05) is 0 Å². The summed E-state index contributed by atoms with van der Waals surface area (Å²) in [5, 5.41) is 11.9. The first-order valence-electron chi connectivity index (χ1n) is 4.57. The van der Waals surface area contributed by atoms with Gasteiger partial charge in [0.25, 0.3) is 5.91 Å². The minimum Gasteiger partial charge on any atom is -0.393 e. The van der Waals surface area contributed by atoms with E-state index in [9.17, 15) is 4.79 Å². The summed E-state index contributed by atoms with van der Waals surface area (Å²) in [6, 6.07) is 1.90. The number of aliphatic hydroxyl groups excluding tert-OH is 1. The van der Waals surface area contributed by atoms with Crippen molar-refractivity contribution in [2.75, 3.05) is 0 Å². The molecule has 0 radical (unpaired) electrons. The van der Waals surface area contributed by atoms with E-state index in [1.54, 1.807) is 6.07 Å². The van der Waals surface area contributed by atoms with Crippen molar-refractivity contribution in [3.05, 3.63) is 16.6 Å². The maximum Gasteiger partial charge on any atom is 0.271 e. The highest BCUT2D eigenvalue weighted by molar-refractivity contribution is 7.05. The van der Waals surface area contributed by atoms with Gasteiger partial charge < -0.3 is 10.4 Å². The predicted octanol–water partition coefficient (Wildman–Crippen LogP) is 0.705. The highest BCUT2D eigenvalue weighted by atomic mass is 32.1. The first-order valence-corrected chi connectivity index (χ1v) is 5.35. The van der Waals surface area contributed by atoms with Gasteiger partial charge in [-0.15, -0.1) is 0 Å². The predicted molar refractivity (Wildman–Crippen MR) is 53.3 cm³/mol. The van der Waals surface area contributed by atoms with Gasteiger partial charge in [-0.3, -0.25) is 4.79 Å². The standard InChI is InChI=1S/C9H12N2O2S/c1-5-2-8(11-14-5)9(13)10-6-3-7(12)4-6/h2,6-7,12H,3-4H2,1H3,(H,10,13). The fraction of sp³-hybridized carbons (Fsp3) is 0.556. The molecule has 0 aliphatic heterocycles. The molecule has 0 saturated heterocycles. The molecule has 0 atom stereocenters. The summed E-state index contributed by atoms with van der Waals surface area (Å²) in [5.74, 6) is -0.133. The van der Waals surface area contributed by atoms with Gasteiger partial charge in [0.1, 0.15) is 5.69 Å². The molecule has 1 aliphatic rings. The molecule has 1 saturated carbocycles. The van der Waals surface area contributed by atoms with Crippen LogP contribution in [0.3, 0.4) is 0 Å². The molecule has 1 fully saturated rings. The number of hydrogen-bond donors (Lipinski definition) is 2. The van der Waals surface area contributed by atoms with Gasteiger partial charge in [-0.05, 0) is 37.4 Å². The second-order valence-corrected chi connectivity index (χ2v) is 4.63. The summed E-state index contributed by atoms with van der Waals surface area (Å²) in [5.41, 5.74) is 0.480. The minimum atomic E-state index is -0.238. The van der Waals surface area contributed by atoms with E-state index in [-0.39, 0.29) is 18.1 Å². The summed E-state index contributed by atoms with van der Waals surface area (Å²) in [6.07, 6.45) is 1.08. The molecule has 0 unspecified atom stereocenters. The Balaban J connectivity index is 1.90. The monoisotopic (exact) mass is 212 g/mol. The van der Waals surface area contributed by atoms with Crippen LogP contribution < -0.4 is 5.32 Å². The fourth-order valence-corrected chi connectivity index (χ4v) is 1.98. The van der Waals surface area contributed by atoms with Crippen molar-refractivity contribution in [2.45, 2.75) is 31.9 Å². The number of hydrogen-bond acceptors (Lipinski definition) is 4. The average molecular weight is 212 g/mol. The third kappa shape index (κ3) is 1.93. The van der Waals surface area contributed by atoms with Crippen molar-refractivity contribution in [3.8, 4) is 0 Å². The van der Waals surface area contributed by atoms with Crippen LogP contribution in [0.15, 0.2) is 6.07 Å². The average Bonchev–Trinajstić information content (AvgIpc) is 2.49. The fourth-order valence-electron chi connectivity index (χ4n) is 1.44. The van der Waals surface area contributed by atoms with Crippen LogP contribution in [0.5, 0.6) is 0 Å². The van der Waals surface area contributed by atoms with E-state index in [1.807, 2.05) is 6.92 Å². The van der Waals surface area contributed by atoms with Crippen molar-refractivity contribution >= 4 is 17.4 Å². The molecule has 1 aliphatic carbocycles. The van der Waals surface area contributed by atoms with E-state index in [0.717, 1.165) is 4.88 Å². The van der Waals surface area contributed by atoms with Crippen molar-refractivity contribution in [1.29, 1.82) is 0 Å². The third-order valence-electron chi connectivity index (χ3n) is 2.31. The zero-order chi connectivity index (χ0) is 10.1. The van der Waals surface area contributed by atoms with E-state index in [1.165, 1.54) is 11.5 Å². The van der Waals surface area contributed by atoms with Crippen LogP contribution in [0.25, 0.3) is 0 Å². The molecule has 1 aromatic rings. The number of aromatic nitrogens is 1. The van der Waals surface area contributed by atoms with Crippen LogP contribution in [0, 0.1) is 6.92 Å². The largest absolute Gasteiger partial charge is 0.393 e. The summed E-state index contributed by atoms with van der Waals surface area (Å²) in [6.45, 7) is 1.92. The van der Waals surface area contributed by atoms with Crippen LogP contribution >= 0.6 is 11.5 Å². The first kappa shape index (κ1) is 9.61. The molecule has 5 heteroatoms. The van der Waals surface area contributed by atoms with E-state index in [0.29, 0.717) is 18.5 Å². The normalized spacial score (nSPS) is 25.6. The second-order valence-electron chi connectivity index (χ2n) is 3.62. The highest BCUT2D eigenvalue weighted by Gasteiger charge is 2.28. The van der Waals surface area contributed by atoms with Crippen molar-refractivity contribution < 1.29 is 9.90 Å². The maximum atomic E-state index is 11.5. The number of carbonyl (C=O) groups is 1. The van der Waals surface area contributed by atoms with Crippen LogP contribution in [0.2, 0.25) is 0 Å². The van der Waals surface area contributed by atoms with Gasteiger partial charge in [0.15, 0.2) is 0 Å². The number of amides is 1. The molecule has 1 amide bonds. The molecule has 1 aromatic heterocycles. The molecule has 1 heterocycles. The Labute approximate surface area is 86.1 Å². The zero-order valence-electron chi connectivity index (χ0n) is 7.86. The number of nitrogens with one attached hydrogen (secondary N) is 1. The molecule has 0 bridgehead atoms. The molecular weight excluding hydrogens is 200 g/mol. The lowest BCUT2D eigenvalue weighted by Gasteiger charge is -2.31. The highest BCUT2D eigenvalue weighted by Crippen LogP contribution is 2.19. The van der Waals surface area contributed by atoms with Gasteiger partial charge in [-0.25, -0.2) is 0 Å². The van der Waals surface area contributed by atoms with E-state index < -0.39 is 0 Å². The Morgan fingerprint density at radius 1 is 1.71 bits per heavy atom. The first-order chi connectivity index (χ1) is 6.65. The van der Waals surface area contributed by atoms with E-state index >= 15 is 0 Å². The van der Waals surface area contributed by atoms with E-state index in [4.69, 9.17) is 5.11 Å². The quantitative estimate of drug-likeness (QED) is 0.758. The summed E-state index contributed by atoms with van der Waals surface area (Å²) in [4.78, 5) is 12.6. The lowest BCUT2D eigenvalue weighted by molar-refractivity contribution is 0.0561. The Kier molecular flexibility index (Phi) is 2.52. The molecule has 4 nitrogen and oxygen atoms in total. The van der Waals surface area contributed by atoms with E-state index in [2.05, 4.69) is 9.69 Å². The van der Waals surface area contributed by atoms with Crippen molar-refractivity contribution in [2.24, 2.45) is 0 Å². The Morgan fingerprint density at radius 3 is 2.93 bits per heavy atom. The van der Waals surface area contributed by atoms with Crippen molar-refractivity contribution in [3.63, 3.8) is 0 Å². The molecule has 14 heavy (non-hydrogen) atoms. The summed E-state index contributed by atoms with van der Waals surface area (Å²) in [7, 11) is 0. The number of rotatable bonds is 2. The lowest BCUT2D eigenvalue weighted by atomic mass is 9.89. The Bertz CT molecular complexity index is 344. The molecule has 2 N–H and O–H groups in total. The SMILES string of the molecule is Cc1cc(C(=O)NC2CC(O)C2)ns1. The smallest absolute Gasteiger partial charge is 0.271 e. The minimum absolute atomic E-state index is 0.125. The van der Waals surface area contributed by atoms with Crippen LogP contribution in [-0.4, -0.2) is 27.5 Å². The van der Waals surface area contributed by atoms with Crippen LogP contribution in [-0.2, 0) is 0 Å². The van der Waals surface area contributed by atoms with Gasteiger partial charge in [0.2, 0.25) is 0 Å². The Morgan fingerprint density at radius 2 is 2.43 bits per heavy atom. The molecule has 0 aromatic carbocycles. The molecule has 0 spiro atoms. The second kappa shape index (κ2) is 3.67. The van der Waals surface area contributed by atoms with Gasteiger partial charge in [0, 0.05) is 10.9 Å². The maximum absolute atomic E-state index is 11.5. The van der Waals surface area contributed by atoms with Gasteiger partial charge >= 0.3 is 0 Å². The molecule has 2 rings (SSSR count). The number of carbonyl (C=O) groups excluding carboxylic acids is 1. The topological polar surface area (TPSA) is 62.2 Å². The zero-order valence-corrected chi connectivity index (χ0v) is 8.67. The van der Waals surface area contributed by atoms with Gasteiger partial charge in [0.05, 0.1) is 6.10 Å². The summed E-state index contributed by atoms with van der Waals surface area (Å²) >= 11 is 1.33. The Hall–Kier alpha value is -0.940. The third-order valence-corrected chi connectivity index (χ3v) is 3.00. The number of nitrogens with zero attached hydrogens (tertiary/aromatic N) is 1. The lowest BCUT2D eigenvalue weighted by Crippen LogP contribution is -2.46. The molecule has 76 valence electrons. The molecular formula is C9H12N2O2S. The number of aryl methyl sites for hydroxylation is 1. The number of aliphatic hydroxyl groups is 1. The van der Waals surface area contributed by atoms with Crippen LogP contribution in [0.1, 0.15) is 28.2 Å². The summed E-state index contributed by atoms with van der Waals surface area (Å²) < 4.78 is 4.01. The van der Waals surface area contributed by atoms with Crippen LogP contribution in [0.4, 0.5) is 0 Å². The van der Waals surface area contributed by atoms with Gasteiger partial charge in [-0.2, -0.15) is 4.37 Å². The van der Waals surface area contributed by atoms with Crippen molar-refractivity contribution in [1.82, 2.24) is 9.69 Å².